The number of aryl methyl sites for hydroxylation is 1. The highest BCUT2D eigenvalue weighted by atomic mass is 16.6. The highest BCUT2D eigenvalue weighted by Gasteiger charge is 2.21. The third kappa shape index (κ3) is 7.18. The Hall–Kier alpha value is -1.49. The lowest BCUT2D eigenvalue weighted by Gasteiger charge is -2.27. The van der Waals surface area contributed by atoms with Gasteiger partial charge in [0.2, 0.25) is 0 Å². The first-order valence-electron chi connectivity index (χ1n) is 7.48. The van der Waals surface area contributed by atoms with Gasteiger partial charge in [0, 0.05) is 37.6 Å². The van der Waals surface area contributed by atoms with Gasteiger partial charge in [-0.15, -0.1) is 0 Å². The molecule has 5 heteroatoms. The molecule has 0 unspecified atom stereocenters. The van der Waals surface area contributed by atoms with Crippen LogP contribution in [-0.2, 0) is 17.8 Å². The molecule has 0 aliphatic heterocycles. The lowest BCUT2D eigenvalue weighted by molar-refractivity contribution is 0.0513. The van der Waals surface area contributed by atoms with Gasteiger partial charge < -0.3 is 19.9 Å². The van der Waals surface area contributed by atoms with Gasteiger partial charge in [-0.2, -0.15) is 0 Å². The first-order valence-corrected chi connectivity index (χ1v) is 7.48. The normalized spacial score (nSPS) is 12.3. The Labute approximate surface area is 128 Å². The number of ether oxygens (including phenoxy) is 1. The van der Waals surface area contributed by atoms with Crippen LogP contribution in [0.3, 0.4) is 0 Å². The largest absolute Gasteiger partial charge is 0.444 e. The van der Waals surface area contributed by atoms with Gasteiger partial charge in [0.15, 0.2) is 0 Å². The van der Waals surface area contributed by atoms with E-state index in [-0.39, 0.29) is 11.6 Å². The van der Waals surface area contributed by atoms with Crippen molar-refractivity contribution in [1.82, 2.24) is 15.2 Å². The highest BCUT2D eigenvalue weighted by Crippen LogP contribution is 2.08. The molecule has 1 rings (SSSR count). The topological polar surface area (TPSA) is 55.3 Å². The van der Waals surface area contributed by atoms with Crippen LogP contribution in [0, 0.1) is 0 Å². The summed E-state index contributed by atoms with van der Waals surface area (Å²) in [5, 5.41) is 6.25. The first kappa shape index (κ1) is 17.6. The molecule has 0 radical (unpaired) electrons. The summed E-state index contributed by atoms with van der Waals surface area (Å²) >= 11 is 0. The molecule has 1 heterocycles. The minimum atomic E-state index is -0.468. The number of carbonyl (C=O) groups excluding carboxylic acids is 1. The number of nitrogens with one attached hydrogen (secondary N) is 2. The van der Waals surface area contributed by atoms with Crippen LogP contribution in [0.4, 0.5) is 4.79 Å². The maximum atomic E-state index is 11.7. The van der Waals surface area contributed by atoms with Crippen molar-refractivity contribution in [2.75, 3.05) is 6.54 Å². The molecule has 0 saturated heterocycles. The molecule has 0 aliphatic carbocycles. The molecule has 0 atom stereocenters. The summed E-state index contributed by atoms with van der Waals surface area (Å²) in [7, 11) is 0. The molecule has 0 saturated carbocycles. The van der Waals surface area contributed by atoms with E-state index in [1.54, 1.807) is 0 Å². The second kappa shape index (κ2) is 6.98. The second-order valence-electron chi connectivity index (χ2n) is 6.94. The van der Waals surface area contributed by atoms with E-state index in [0.717, 1.165) is 13.1 Å². The lowest BCUT2D eigenvalue weighted by Crippen LogP contribution is -2.49. The van der Waals surface area contributed by atoms with Crippen molar-refractivity contribution in [3.63, 3.8) is 0 Å². The molecular formula is C16H29N3O2. The third-order valence-electron chi connectivity index (χ3n) is 3.02. The fourth-order valence-electron chi connectivity index (χ4n) is 1.80. The third-order valence-corrected chi connectivity index (χ3v) is 3.02. The van der Waals surface area contributed by atoms with Crippen molar-refractivity contribution >= 4 is 6.09 Å². The van der Waals surface area contributed by atoms with E-state index in [1.165, 1.54) is 5.56 Å². The average Bonchev–Trinajstić information content (AvgIpc) is 2.80. The summed E-state index contributed by atoms with van der Waals surface area (Å²) in [4.78, 5) is 11.7. The van der Waals surface area contributed by atoms with Crippen molar-refractivity contribution in [3.8, 4) is 0 Å². The Balaban J connectivity index is 2.37. The van der Waals surface area contributed by atoms with Gasteiger partial charge in [-0.3, -0.25) is 0 Å². The zero-order valence-corrected chi connectivity index (χ0v) is 14.1. The minimum Gasteiger partial charge on any atom is -0.444 e. The van der Waals surface area contributed by atoms with Crippen LogP contribution in [0.2, 0.25) is 0 Å². The van der Waals surface area contributed by atoms with Crippen LogP contribution in [0.1, 0.15) is 47.1 Å². The van der Waals surface area contributed by atoms with E-state index >= 15 is 0 Å². The number of nitrogens with zero attached hydrogens (tertiary/aromatic N) is 1. The predicted octanol–water partition coefficient (Wildman–Crippen LogP) is 2.90. The van der Waals surface area contributed by atoms with E-state index in [0.29, 0.717) is 6.54 Å². The number of amides is 1. The van der Waals surface area contributed by atoms with Gasteiger partial charge in [-0.1, -0.05) is 0 Å². The zero-order chi connectivity index (χ0) is 16.1. The van der Waals surface area contributed by atoms with Crippen LogP contribution < -0.4 is 10.6 Å². The van der Waals surface area contributed by atoms with Gasteiger partial charge in [-0.25, -0.2) is 4.79 Å². The van der Waals surface area contributed by atoms with E-state index in [1.807, 2.05) is 20.8 Å². The number of alkyl carbamates (subject to hydrolysis) is 1. The van der Waals surface area contributed by atoms with Gasteiger partial charge in [0.05, 0.1) is 0 Å². The van der Waals surface area contributed by atoms with Gasteiger partial charge in [-0.05, 0) is 53.2 Å². The van der Waals surface area contributed by atoms with E-state index < -0.39 is 5.60 Å². The van der Waals surface area contributed by atoms with Gasteiger partial charge in [0.1, 0.15) is 5.60 Å². The number of carbonyl (C=O) groups is 1. The average molecular weight is 295 g/mol. The number of hydrogen-bond donors (Lipinski definition) is 2. The monoisotopic (exact) mass is 295 g/mol. The van der Waals surface area contributed by atoms with Crippen LogP contribution >= 0.6 is 0 Å². The maximum Gasteiger partial charge on any atom is 0.407 e. The highest BCUT2D eigenvalue weighted by molar-refractivity contribution is 5.67. The summed E-state index contributed by atoms with van der Waals surface area (Å²) in [5.41, 5.74) is 0.567. The summed E-state index contributed by atoms with van der Waals surface area (Å²) < 4.78 is 7.37. The Morgan fingerprint density at radius 3 is 2.48 bits per heavy atom. The standard InChI is InChI=1S/C16H29N3O2/c1-7-19-9-8-13(11-19)10-18-16(5,6)12-17-14(20)21-15(2,3)4/h8-9,11,18H,7,10,12H2,1-6H3,(H,17,20). The van der Waals surface area contributed by atoms with Crippen LogP contribution in [0.5, 0.6) is 0 Å². The maximum absolute atomic E-state index is 11.7. The van der Waals surface area contributed by atoms with E-state index in [2.05, 4.69) is 54.4 Å². The fraction of sp³-hybridized carbons (Fsp3) is 0.688. The zero-order valence-electron chi connectivity index (χ0n) is 14.1. The van der Waals surface area contributed by atoms with Gasteiger partial charge >= 0.3 is 6.09 Å². The molecule has 0 aliphatic rings. The summed E-state index contributed by atoms with van der Waals surface area (Å²) in [5.74, 6) is 0. The van der Waals surface area contributed by atoms with Crippen molar-refractivity contribution < 1.29 is 9.53 Å². The van der Waals surface area contributed by atoms with Gasteiger partial charge in [0.25, 0.3) is 0 Å². The molecule has 0 fully saturated rings. The molecule has 5 nitrogen and oxygen atoms in total. The second-order valence-corrected chi connectivity index (χ2v) is 6.94. The van der Waals surface area contributed by atoms with Crippen molar-refractivity contribution in [2.45, 2.75) is 65.8 Å². The number of aromatic nitrogens is 1. The van der Waals surface area contributed by atoms with E-state index in [4.69, 9.17) is 4.74 Å². The van der Waals surface area contributed by atoms with Crippen molar-refractivity contribution in [1.29, 1.82) is 0 Å². The molecular weight excluding hydrogens is 266 g/mol. The first-order chi connectivity index (χ1) is 9.61. The fourth-order valence-corrected chi connectivity index (χ4v) is 1.80. The molecule has 0 bridgehead atoms. The summed E-state index contributed by atoms with van der Waals surface area (Å²) in [6.07, 6.45) is 3.82. The van der Waals surface area contributed by atoms with Crippen LogP contribution in [0.15, 0.2) is 18.5 Å². The van der Waals surface area contributed by atoms with Crippen molar-refractivity contribution in [2.24, 2.45) is 0 Å². The molecule has 2 N–H and O–H groups in total. The smallest absolute Gasteiger partial charge is 0.407 e. The molecule has 1 amide bonds. The Morgan fingerprint density at radius 2 is 1.95 bits per heavy atom. The Kier molecular flexibility index (Phi) is 5.84. The molecule has 0 aromatic carbocycles. The molecule has 1 aromatic rings. The Bertz CT molecular complexity index is 458. The summed E-state index contributed by atoms with van der Waals surface area (Å²) in [6, 6.07) is 2.11. The predicted molar refractivity (Wildman–Crippen MR) is 85.3 cm³/mol. The molecule has 21 heavy (non-hydrogen) atoms. The Morgan fingerprint density at radius 1 is 1.29 bits per heavy atom. The SMILES string of the molecule is CCn1ccc(CNC(C)(C)CNC(=O)OC(C)(C)C)c1. The van der Waals surface area contributed by atoms with Crippen molar-refractivity contribution in [3.05, 3.63) is 24.0 Å². The number of rotatable bonds is 6. The van der Waals surface area contributed by atoms with Crippen LogP contribution in [0.25, 0.3) is 0 Å². The molecule has 1 aromatic heterocycles. The van der Waals surface area contributed by atoms with Crippen LogP contribution in [-0.4, -0.2) is 28.3 Å². The minimum absolute atomic E-state index is 0.203. The summed E-state index contributed by atoms with van der Waals surface area (Å²) in [6.45, 7) is 14.1. The number of hydrogen-bond acceptors (Lipinski definition) is 3. The molecule has 120 valence electrons. The lowest BCUT2D eigenvalue weighted by atomic mass is 10.1. The van der Waals surface area contributed by atoms with E-state index in [9.17, 15) is 4.79 Å². The quantitative estimate of drug-likeness (QED) is 0.848. The molecule has 0 spiro atoms.